The van der Waals surface area contributed by atoms with Gasteiger partial charge in [-0.3, -0.25) is 9.36 Å². The van der Waals surface area contributed by atoms with E-state index >= 15 is 0 Å². The van der Waals surface area contributed by atoms with Gasteiger partial charge in [-0.1, -0.05) is 17.7 Å². The Hall–Kier alpha value is -2.73. The first-order valence-electron chi connectivity index (χ1n) is 7.47. The molecule has 0 aliphatic heterocycles. The molecule has 24 heavy (non-hydrogen) atoms. The fraction of sp³-hybridized carbons (Fsp3) is 0.176. The average Bonchev–Trinajstić information content (AvgIpc) is 2.57. The van der Waals surface area contributed by atoms with E-state index in [-0.39, 0.29) is 17.1 Å². The maximum atomic E-state index is 12.8. The maximum Gasteiger partial charge on any atom is 0.283 e. The van der Waals surface area contributed by atoms with Gasteiger partial charge in [0.05, 0.1) is 0 Å². The number of nitrogens with zero attached hydrogens (tertiary/aromatic N) is 4. The van der Waals surface area contributed by atoms with Crippen molar-refractivity contribution in [2.45, 2.75) is 19.4 Å². The van der Waals surface area contributed by atoms with Crippen molar-refractivity contribution >= 4 is 34.4 Å². The van der Waals surface area contributed by atoms with E-state index in [4.69, 9.17) is 11.6 Å². The highest BCUT2D eigenvalue weighted by Crippen LogP contribution is 2.21. The number of benzene rings is 1. The molecule has 1 atom stereocenters. The van der Waals surface area contributed by atoms with Crippen LogP contribution in [0.4, 0.5) is 11.6 Å². The van der Waals surface area contributed by atoms with Gasteiger partial charge in [-0.2, -0.15) is 4.98 Å². The number of hydrogen-bond acceptors (Lipinski definition) is 5. The topological polar surface area (TPSA) is 72.7 Å². The normalized spacial score (nSPS) is 12.1. The van der Waals surface area contributed by atoms with Crippen molar-refractivity contribution in [3.63, 3.8) is 0 Å². The lowest BCUT2D eigenvalue weighted by atomic mass is 10.2. The molecule has 1 unspecified atom stereocenters. The van der Waals surface area contributed by atoms with Gasteiger partial charge in [0.2, 0.25) is 5.95 Å². The third-order valence-electron chi connectivity index (χ3n) is 3.59. The van der Waals surface area contributed by atoms with Crippen molar-refractivity contribution in [2.75, 3.05) is 5.32 Å². The zero-order valence-electron chi connectivity index (χ0n) is 13.1. The van der Waals surface area contributed by atoms with Crippen LogP contribution >= 0.6 is 11.6 Å². The largest absolute Gasteiger partial charge is 0.325 e. The minimum atomic E-state index is -0.237. The molecule has 1 N–H and O–H groups in total. The molecular formula is C17H16ClN5O. The number of anilines is 2. The van der Waals surface area contributed by atoms with E-state index in [2.05, 4.69) is 26.8 Å². The summed E-state index contributed by atoms with van der Waals surface area (Å²) in [6.07, 6.45) is 5.39. The van der Waals surface area contributed by atoms with Gasteiger partial charge in [-0.25, -0.2) is 9.97 Å². The van der Waals surface area contributed by atoms with Crippen LogP contribution in [0.3, 0.4) is 0 Å². The first kappa shape index (κ1) is 16.1. The van der Waals surface area contributed by atoms with Crippen LogP contribution in [0.25, 0.3) is 11.2 Å². The van der Waals surface area contributed by atoms with E-state index in [1.807, 2.05) is 19.1 Å². The molecule has 2 heterocycles. The van der Waals surface area contributed by atoms with Gasteiger partial charge in [0, 0.05) is 29.1 Å². The maximum absolute atomic E-state index is 12.8. The molecule has 0 aliphatic carbocycles. The van der Waals surface area contributed by atoms with Gasteiger partial charge in [0.25, 0.3) is 5.56 Å². The van der Waals surface area contributed by atoms with Crippen LogP contribution in [0, 0.1) is 0 Å². The van der Waals surface area contributed by atoms with Crippen molar-refractivity contribution in [1.82, 2.24) is 19.5 Å². The predicted molar refractivity (Wildman–Crippen MR) is 95.9 cm³/mol. The Morgan fingerprint density at radius 2 is 2.00 bits per heavy atom. The van der Waals surface area contributed by atoms with E-state index < -0.39 is 0 Å². The second-order valence-electron chi connectivity index (χ2n) is 5.34. The number of fused-ring (bicyclic) bond motifs is 1. The summed E-state index contributed by atoms with van der Waals surface area (Å²) in [5.74, 6) is 0.407. The molecule has 7 heteroatoms. The van der Waals surface area contributed by atoms with Crippen molar-refractivity contribution in [3.05, 3.63) is 64.7 Å². The smallest absolute Gasteiger partial charge is 0.283 e. The Kier molecular flexibility index (Phi) is 4.57. The van der Waals surface area contributed by atoms with Crippen LogP contribution < -0.4 is 10.9 Å². The van der Waals surface area contributed by atoms with Crippen LogP contribution in [-0.2, 0) is 0 Å². The molecule has 3 rings (SSSR count). The van der Waals surface area contributed by atoms with Crippen LogP contribution in [0.2, 0.25) is 5.02 Å². The fourth-order valence-corrected chi connectivity index (χ4v) is 2.56. The highest BCUT2D eigenvalue weighted by atomic mass is 35.5. The molecule has 0 amide bonds. The summed E-state index contributed by atoms with van der Waals surface area (Å²) in [6.45, 7) is 5.67. The molecule has 122 valence electrons. The average molecular weight is 342 g/mol. The predicted octanol–water partition coefficient (Wildman–Crippen LogP) is 3.72. The lowest BCUT2D eigenvalue weighted by Crippen LogP contribution is -2.27. The standard InChI is InChI=1S/C17H16ClN5O/c1-3-4-11(2)23-16(24)14-15(20-10-9-19-14)22-17(23)21-13-7-5-12(18)6-8-13/h3,5-11H,1,4H2,2H3,(H,20,21,22). The molecule has 0 radical (unpaired) electrons. The summed E-state index contributed by atoms with van der Waals surface area (Å²) in [5.41, 5.74) is 1.09. The van der Waals surface area contributed by atoms with Crippen molar-refractivity contribution < 1.29 is 0 Å². The number of aromatic nitrogens is 4. The van der Waals surface area contributed by atoms with Crippen LogP contribution in [-0.4, -0.2) is 19.5 Å². The monoisotopic (exact) mass is 341 g/mol. The molecule has 0 spiro atoms. The second kappa shape index (κ2) is 6.80. The lowest BCUT2D eigenvalue weighted by Gasteiger charge is -2.19. The Bertz CT molecular complexity index is 936. The third kappa shape index (κ3) is 3.14. The van der Waals surface area contributed by atoms with Crippen molar-refractivity contribution in [2.24, 2.45) is 0 Å². The molecule has 0 saturated carbocycles. The number of nitrogens with one attached hydrogen (secondary N) is 1. The molecular weight excluding hydrogens is 326 g/mol. The summed E-state index contributed by atoms with van der Waals surface area (Å²) in [7, 11) is 0. The zero-order valence-corrected chi connectivity index (χ0v) is 13.9. The van der Waals surface area contributed by atoms with Gasteiger partial charge in [-0.15, -0.1) is 6.58 Å². The Morgan fingerprint density at radius 1 is 1.29 bits per heavy atom. The zero-order chi connectivity index (χ0) is 17.1. The summed E-state index contributed by atoms with van der Waals surface area (Å²) in [5, 5.41) is 3.80. The molecule has 6 nitrogen and oxygen atoms in total. The van der Waals surface area contributed by atoms with Crippen molar-refractivity contribution in [3.8, 4) is 0 Å². The van der Waals surface area contributed by atoms with E-state index in [1.54, 1.807) is 22.8 Å². The van der Waals surface area contributed by atoms with Crippen molar-refractivity contribution in [1.29, 1.82) is 0 Å². The summed E-state index contributed by atoms with van der Waals surface area (Å²) in [4.78, 5) is 25.6. The van der Waals surface area contributed by atoms with Gasteiger partial charge in [0.15, 0.2) is 11.2 Å². The molecule has 0 saturated heterocycles. The van der Waals surface area contributed by atoms with E-state index in [0.717, 1.165) is 5.69 Å². The Balaban J connectivity index is 2.16. The number of hydrogen-bond donors (Lipinski definition) is 1. The SMILES string of the molecule is C=CCC(C)n1c(Nc2ccc(Cl)cc2)nc2nccnc2c1=O. The number of halogens is 1. The summed E-state index contributed by atoms with van der Waals surface area (Å²) < 4.78 is 1.58. The van der Waals surface area contributed by atoms with E-state index in [1.165, 1.54) is 12.4 Å². The number of allylic oxidation sites excluding steroid dienone is 1. The molecule has 1 aromatic carbocycles. The fourth-order valence-electron chi connectivity index (χ4n) is 2.43. The van der Waals surface area contributed by atoms with Crippen LogP contribution in [0.1, 0.15) is 19.4 Å². The third-order valence-corrected chi connectivity index (χ3v) is 3.84. The summed E-state index contributed by atoms with van der Waals surface area (Å²) in [6, 6.07) is 7.04. The van der Waals surface area contributed by atoms with Crippen LogP contribution in [0.5, 0.6) is 0 Å². The Labute approximate surface area is 143 Å². The highest BCUT2D eigenvalue weighted by molar-refractivity contribution is 6.30. The molecule has 0 fully saturated rings. The first-order valence-corrected chi connectivity index (χ1v) is 7.84. The van der Waals surface area contributed by atoms with Gasteiger partial charge in [0.1, 0.15) is 0 Å². The van der Waals surface area contributed by atoms with E-state index in [9.17, 15) is 4.79 Å². The molecule has 0 bridgehead atoms. The Morgan fingerprint density at radius 3 is 2.71 bits per heavy atom. The summed E-state index contributed by atoms with van der Waals surface area (Å²) >= 11 is 5.91. The molecule has 3 aromatic rings. The van der Waals surface area contributed by atoms with Gasteiger partial charge < -0.3 is 5.32 Å². The molecule has 0 aliphatic rings. The van der Waals surface area contributed by atoms with Gasteiger partial charge in [-0.05, 0) is 37.6 Å². The van der Waals surface area contributed by atoms with Crippen LogP contribution in [0.15, 0.2) is 54.1 Å². The van der Waals surface area contributed by atoms with E-state index in [0.29, 0.717) is 23.0 Å². The lowest BCUT2D eigenvalue weighted by molar-refractivity contribution is 0.540. The first-order chi connectivity index (χ1) is 11.6. The molecule has 2 aromatic heterocycles. The minimum Gasteiger partial charge on any atom is -0.325 e. The minimum absolute atomic E-state index is 0.122. The highest BCUT2D eigenvalue weighted by Gasteiger charge is 2.17. The quantitative estimate of drug-likeness (QED) is 0.716. The van der Waals surface area contributed by atoms with Gasteiger partial charge >= 0.3 is 0 Å². The number of rotatable bonds is 5. The second-order valence-corrected chi connectivity index (χ2v) is 5.78.